The number of rotatable bonds is 10. The Morgan fingerprint density at radius 3 is 2.29 bits per heavy atom. The van der Waals surface area contributed by atoms with Crippen molar-refractivity contribution in [1.29, 1.82) is 0 Å². The molecule has 0 bridgehead atoms. The van der Waals surface area contributed by atoms with Gasteiger partial charge >= 0.3 is 0 Å². The van der Waals surface area contributed by atoms with Crippen LogP contribution in [0.5, 0.6) is 0 Å². The van der Waals surface area contributed by atoms with Gasteiger partial charge in [-0.3, -0.25) is 0 Å². The molecule has 2 rings (SSSR count). The van der Waals surface area contributed by atoms with Crippen LogP contribution in [0, 0.1) is 12.8 Å². The van der Waals surface area contributed by atoms with E-state index < -0.39 is 5.60 Å². The first-order valence-electron chi connectivity index (χ1n) is 12.2. The summed E-state index contributed by atoms with van der Waals surface area (Å²) in [6.45, 7) is 14.7. The lowest BCUT2D eigenvalue weighted by Gasteiger charge is -2.15. The third kappa shape index (κ3) is 10.0. The molecule has 31 heavy (non-hydrogen) atoms. The van der Waals surface area contributed by atoms with Crippen LogP contribution in [0.3, 0.4) is 0 Å². The predicted molar refractivity (Wildman–Crippen MR) is 136 cm³/mol. The van der Waals surface area contributed by atoms with Gasteiger partial charge in [0.25, 0.3) is 0 Å². The minimum absolute atomic E-state index is 0.204. The molecule has 1 fully saturated rings. The zero-order chi connectivity index (χ0) is 23.4. The Morgan fingerprint density at radius 1 is 1.16 bits per heavy atom. The number of allylic oxidation sites excluding steroid dienone is 6. The molecule has 1 aliphatic rings. The molecule has 2 nitrogen and oxygen atoms in total. The molecular weight excluding hydrogens is 380 g/mol. The Kier molecular flexibility index (Phi) is 12.1. The summed E-state index contributed by atoms with van der Waals surface area (Å²) in [6.07, 6.45) is 14.8. The summed E-state index contributed by atoms with van der Waals surface area (Å²) in [5, 5.41) is 18.3. The summed E-state index contributed by atoms with van der Waals surface area (Å²) in [5.74, 6) is 0.784. The molecule has 0 unspecified atom stereocenters. The largest absolute Gasteiger partial charge is 0.396 e. The van der Waals surface area contributed by atoms with Crippen LogP contribution in [0.25, 0.3) is 5.57 Å². The van der Waals surface area contributed by atoms with Gasteiger partial charge in [-0.2, -0.15) is 0 Å². The summed E-state index contributed by atoms with van der Waals surface area (Å²) >= 11 is 0. The van der Waals surface area contributed by atoms with Crippen molar-refractivity contribution in [3.63, 3.8) is 0 Å². The van der Waals surface area contributed by atoms with Crippen molar-refractivity contribution in [2.24, 2.45) is 5.92 Å². The van der Waals surface area contributed by atoms with E-state index in [4.69, 9.17) is 5.11 Å². The highest BCUT2D eigenvalue weighted by Gasteiger charge is 2.24. The first-order valence-corrected chi connectivity index (χ1v) is 12.2. The Balaban J connectivity index is 0.000000592. The van der Waals surface area contributed by atoms with Crippen molar-refractivity contribution in [3.05, 3.63) is 64.3 Å². The van der Waals surface area contributed by atoms with Crippen molar-refractivity contribution < 1.29 is 10.2 Å². The van der Waals surface area contributed by atoms with Gasteiger partial charge in [0.05, 0.1) is 5.60 Å². The van der Waals surface area contributed by atoms with Crippen molar-refractivity contribution in [2.75, 3.05) is 6.61 Å². The smallest absolute Gasteiger partial charge is 0.0591 e. The maximum Gasteiger partial charge on any atom is 0.0591 e. The molecular formula is C29H46O2. The van der Waals surface area contributed by atoms with Gasteiger partial charge in [0.15, 0.2) is 0 Å². The normalized spacial score (nSPS) is 15.6. The quantitative estimate of drug-likeness (QED) is 0.379. The molecule has 2 N–H and O–H groups in total. The van der Waals surface area contributed by atoms with Gasteiger partial charge in [-0.25, -0.2) is 0 Å². The van der Waals surface area contributed by atoms with E-state index in [0.29, 0.717) is 0 Å². The number of hydrogen-bond acceptors (Lipinski definition) is 2. The van der Waals surface area contributed by atoms with E-state index in [-0.39, 0.29) is 6.61 Å². The number of aliphatic hydroxyl groups is 2. The van der Waals surface area contributed by atoms with E-state index in [0.717, 1.165) is 25.2 Å². The fourth-order valence-electron chi connectivity index (χ4n) is 3.97. The van der Waals surface area contributed by atoms with Crippen LogP contribution in [-0.2, 0) is 6.42 Å². The second-order valence-corrected chi connectivity index (χ2v) is 9.42. The zero-order valence-corrected chi connectivity index (χ0v) is 21.1. The maximum atomic E-state index is 9.28. The van der Waals surface area contributed by atoms with E-state index in [1.54, 1.807) is 0 Å². The standard InChI is InChI=1S/C23H32O.C6H14O/c1-5-7-9-21(20-12-13-20)16-17(3)22(6-2)23-11-8-10-19(14-15-24)18(23)4;1-4-5-6(2,3)7/h6,8-11,16,20,24H,5,7,12-15H2,1-4H3;7H,4-5H2,1-3H3/b17-16-,21-9-,22-6+;. The minimum atomic E-state index is -0.450. The topological polar surface area (TPSA) is 40.5 Å². The van der Waals surface area contributed by atoms with Gasteiger partial charge in [0.2, 0.25) is 0 Å². The monoisotopic (exact) mass is 426 g/mol. The molecule has 174 valence electrons. The molecule has 1 aromatic carbocycles. The average molecular weight is 427 g/mol. The molecule has 1 aliphatic carbocycles. The molecule has 0 amide bonds. The third-order valence-corrected chi connectivity index (χ3v) is 5.79. The SMILES string of the molecule is CCCC(C)(C)O.C\C=C(/C(C)=C\C(=C\CCC)C1CC1)c1cccc(CCO)c1C. The van der Waals surface area contributed by atoms with E-state index in [1.165, 1.54) is 59.1 Å². The summed E-state index contributed by atoms with van der Waals surface area (Å²) in [5.41, 5.74) is 7.56. The summed E-state index contributed by atoms with van der Waals surface area (Å²) in [6, 6.07) is 6.44. The Bertz CT molecular complexity index is 755. The lowest BCUT2D eigenvalue weighted by molar-refractivity contribution is 0.0703. The molecule has 1 saturated carbocycles. The van der Waals surface area contributed by atoms with Crippen LogP contribution in [0.4, 0.5) is 0 Å². The van der Waals surface area contributed by atoms with Crippen LogP contribution in [-0.4, -0.2) is 22.4 Å². The highest BCUT2D eigenvalue weighted by atomic mass is 16.3. The number of aliphatic hydroxyl groups excluding tert-OH is 1. The van der Waals surface area contributed by atoms with Gasteiger partial charge in [-0.1, -0.05) is 63.1 Å². The van der Waals surface area contributed by atoms with E-state index in [2.05, 4.69) is 71.0 Å². The zero-order valence-electron chi connectivity index (χ0n) is 21.1. The molecule has 0 aliphatic heterocycles. The highest BCUT2D eigenvalue weighted by Crippen LogP contribution is 2.39. The Morgan fingerprint density at radius 2 is 1.84 bits per heavy atom. The Hall–Kier alpha value is -1.64. The van der Waals surface area contributed by atoms with Gasteiger partial charge in [0.1, 0.15) is 0 Å². The minimum Gasteiger partial charge on any atom is -0.396 e. The van der Waals surface area contributed by atoms with Crippen molar-refractivity contribution in [1.82, 2.24) is 0 Å². The van der Waals surface area contributed by atoms with Gasteiger partial charge < -0.3 is 10.2 Å². The first-order chi connectivity index (χ1) is 14.7. The van der Waals surface area contributed by atoms with Gasteiger partial charge in [-0.15, -0.1) is 0 Å². The lowest BCUT2D eigenvalue weighted by atomic mass is 9.90. The number of benzene rings is 1. The molecule has 0 spiro atoms. The van der Waals surface area contributed by atoms with Gasteiger partial charge in [0, 0.05) is 6.61 Å². The molecule has 1 aromatic rings. The average Bonchev–Trinajstić information content (AvgIpc) is 3.53. The Labute approximate surface area is 191 Å². The van der Waals surface area contributed by atoms with Crippen molar-refractivity contribution in [3.8, 4) is 0 Å². The van der Waals surface area contributed by atoms with Crippen LogP contribution in [0.2, 0.25) is 0 Å². The van der Waals surface area contributed by atoms with Crippen molar-refractivity contribution in [2.45, 2.75) is 99.0 Å². The lowest BCUT2D eigenvalue weighted by Crippen LogP contribution is -2.16. The number of hydrogen-bond donors (Lipinski definition) is 2. The number of unbranched alkanes of at least 4 members (excludes halogenated alkanes) is 1. The summed E-state index contributed by atoms with van der Waals surface area (Å²) < 4.78 is 0. The van der Waals surface area contributed by atoms with Crippen molar-refractivity contribution >= 4 is 5.57 Å². The maximum absolute atomic E-state index is 9.28. The second kappa shape index (κ2) is 13.7. The molecule has 0 radical (unpaired) electrons. The summed E-state index contributed by atoms with van der Waals surface area (Å²) in [4.78, 5) is 0. The third-order valence-electron chi connectivity index (χ3n) is 5.79. The van der Waals surface area contributed by atoms with E-state index >= 15 is 0 Å². The molecule has 0 atom stereocenters. The predicted octanol–water partition coefficient (Wildman–Crippen LogP) is 7.57. The van der Waals surface area contributed by atoms with Crippen LogP contribution >= 0.6 is 0 Å². The molecule has 0 heterocycles. The fraction of sp³-hybridized carbons (Fsp3) is 0.586. The second-order valence-electron chi connectivity index (χ2n) is 9.42. The highest BCUT2D eigenvalue weighted by molar-refractivity contribution is 5.81. The van der Waals surface area contributed by atoms with Crippen LogP contribution < -0.4 is 0 Å². The first kappa shape index (κ1) is 27.4. The van der Waals surface area contributed by atoms with E-state index in [1.807, 2.05) is 13.8 Å². The van der Waals surface area contributed by atoms with Crippen LogP contribution in [0.15, 0.2) is 47.6 Å². The summed E-state index contributed by atoms with van der Waals surface area (Å²) in [7, 11) is 0. The van der Waals surface area contributed by atoms with Gasteiger partial charge in [-0.05, 0) is 106 Å². The fourth-order valence-corrected chi connectivity index (χ4v) is 3.97. The molecule has 0 saturated heterocycles. The molecule has 0 aromatic heterocycles. The van der Waals surface area contributed by atoms with Crippen LogP contribution in [0.1, 0.15) is 96.8 Å². The van der Waals surface area contributed by atoms with E-state index in [9.17, 15) is 5.11 Å². The molecule has 2 heteroatoms.